The highest BCUT2D eigenvalue weighted by atomic mass is 32.2. The van der Waals surface area contributed by atoms with Gasteiger partial charge in [-0.1, -0.05) is 18.2 Å². The number of para-hydroxylation sites is 1. The molecular formula is C20H24N6S. The minimum absolute atomic E-state index is 0.587. The third kappa shape index (κ3) is 5.42. The van der Waals surface area contributed by atoms with E-state index in [1.165, 1.54) is 0 Å². The van der Waals surface area contributed by atoms with Gasteiger partial charge in [-0.05, 0) is 44.6 Å². The van der Waals surface area contributed by atoms with E-state index in [2.05, 4.69) is 42.8 Å². The molecule has 0 amide bonds. The summed E-state index contributed by atoms with van der Waals surface area (Å²) in [6.07, 6.45) is 3.83. The molecule has 7 heteroatoms. The Labute approximate surface area is 164 Å². The van der Waals surface area contributed by atoms with Crippen LogP contribution in [0.5, 0.6) is 0 Å². The molecule has 0 saturated heterocycles. The van der Waals surface area contributed by atoms with E-state index in [0.29, 0.717) is 5.95 Å². The fourth-order valence-electron chi connectivity index (χ4n) is 2.51. The van der Waals surface area contributed by atoms with Crippen molar-refractivity contribution in [3.05, 3.63) is 54.7 Å². The quantitative estimate of drug-likeness (QED) is 0.573. The molecule has 3 aromatic rings. The topological polar surface area (TPSA) is 66.0 Å². The molecule has 6 nitrogen and oxygen atoms in total. The molecule has 0 bridgehead atoms. The van der Waals surface area contributed by atoms with Crippen LogP contribution in [0, 0.1) is 0 Å². The summed E-state index contributed by atoms with van der Waals surface area (Å²) in [5, 5.41) is 6.73. The Morgan fingerprint density at radius 3 is 2.56 bits per heavy atom. The van der Waals surface area contributed by atoms with Crippen molar-refractivity contribution in [2.75, 3.05) is 44.1 Å². The summed E-state index contributed by atoms with van der Waals surface area (Å²) in [4.78, 5) is 17.0. The molecule has 0 radical (unpaired) electrons. The first-order chi connectivity index (χ1) is 13.2. The fraction of sp³-hybridized carbons (Fsp3) is 0.250. The van der Waals surface area contributed by atoms with Gasteiger partial charge in [0.05, 0.1) is 17.1 Å². The molecule has 27 heavy (non-hydrogen) atoms. The Bertz CT molecular complexity index is 869. The van der Waals surface area contributed by atoms with Crippen LogP contribution in [0.15, 0.2) is 59.6 Å². The van der Waals surface area contributed by atoms with Gasteiger partial charge in [-0.25, -0.2) is 4.98 Å². The minimum atomic E-state index is 0.587. The van der Waals surface area contributed by atoms with Crippen LogP contribution in [0.1, 0.15) is 0 Å². The molecular weight excluding hydrogens is 356 g/mol. The maximum Gasteiger partial charge on any atom is 0.225 e. The number of nitrogens with zero attached hydrogens (tertiary/aromatic N) is 4. The van der Waals surface area contributed by atoms with Crippen LogP contribution in [0.4, 0.5) is 17.5 Å². The summed E-state index contributed by atoms with van der Waals surface area (Å²) in [6.45, 7) is 1.66. The fourth-order valence-corrected chi connectivity index (χ4v) is 3.07. The van der Waals surface area contributed by atoms with Gasteiger partial charge in [0.25, 0.3) is 0 Å². The lowest BCUT2D eigenvalue weighted by Crippen LogP contribution is -2.21. The molecule has 0 atom stereocenters. The zero-order chi connectivity index (χ0) is 19.1. The molecule has 0 aliphatic carbocycles. The Morgan fingerprint density at radius 2 is 1.81 bits per heavy atom. The highest BCUT2D eigenvalue weighted by Crippen LogP contribution is 2.28. The number of pyridine rings is 1. The lowest BCUT2D eigenvalue weighted by molar-refractivity contribution is 0.425. The summed E-state index contributed by atoms with van der Waals surface area (Å²) in [7, 11) is 4.08. The van der Waals surface area contributed by atoms with Crippen LogP contribution in [0.3, 0.4) is 0 Å². The number of hydrogen-bond acceptors (Lipinski definition) is 7. The van der Waals surface area contributed by atoms with Gasteiger partial charge in [-0.15, -0.1) is 11.8 Å². The molecule has 2 heterocycles. The van der Waals surface area contributed by atoms with Gasteiger partial charge in [0.2, 0.25) is 5.95 Å². The van der Waals surface area contributed by atoms with Crippen LogP contribution in [-0.2, 0) is 0 Å². The summed E-state index contributed by atoms with van der Waals surface area (Å²) in [5.41, 5.74) is 2.62. The first kappa shape index (κ1) is 19.1. The van der Waals surface area contributed by atoms with E-state index in [1.807, 2.05) is 56.6 Å². The van der Waals surface area contributed by atoms with E-state index in [0.717, 1.165) is 40.9 Å². The smallest absolute Gasteiger partial charge is 0.225 e. The summed E-state index contributed by atoms with van der Waals surface area (Å²) in [5.74, 6) is 1.32. The molecule has 0 spiro atoms. The van der Waals surface area contributed by atoms with Crippen LogP contribution in [0.2, 0.25) is 0 Å². The van der Waals surface area contributed by atoms with Crippen molar-refractivity contribution in [3.8, 4) is 11.4 Å². The molecule has 1 aromatic carbocycles. The van der Waals surface area contributed by atoms with E-state index in [1.54, 1.807) is 18.0 Å². The maximum absolute atomic E-state index is 4.64. The van der Waals surface area contributed by atoms with Crippen molar-refractivity contribution in [2.45, 2.75) is 4.90 Å². The monoisotopic (exact) mass is 380 g/mol. The minimum Gasteiger partial charge on any atom is -0.353 e. The Morgan fingerprint density at radius 1 is 1.00 bits per heavy atom. The predicted octanol–water partition coefficient (Wildman–Crippen LogP) is 3.98. The second-order valence-corrected chi connectivity index (χ2v) is 7.08. The van der Waals surface area contributed by atoms with E-state index in [-0.39, 0.29) is 0 Å². The van der Waals surface area contributed by atoms with Gasteiger partial charge in [0, 0.05) is 30.2 Å². The van der Waals surface area contributed by atoms with Gasteiger partial charge in [-0.3, -0.25) is 4.98 Å². The van der Waals surface area contributed by atoms with Crippen molar-refractivity contribution in [2.24, 2.45) is 0 Å². The average molecular weight is 381 g/mol. The van der Waals surface area contributed by atoms with Crippen molar-refractivity contribution >= 4 is 29.2 Å². The van der Waals surface area contributed by atoms with Crippen LogP contribution >= 0.6 is 11.8 Å². The molecule has 0 unspecified atom stereocenters. The molecule has 0 fully saturated rings. The Balaban J connectivity index is 1.91. The first-order valence-corrected chi connectivity index (χ1v) is 9.97. The largest absolute Gasteiger partial charge is 0.353 e. The van der Waals surface area contributed by atoms with Gasteiger partial charge in [0.15, 0.2) is 0 Å². The first-order valence-electron chi connectivity index (χ1n) is 8.75. The van der Waals surface area contributed by atoms with E-state index >= 15 is 0 Å². The summed E-state index contributed by atoms with van der Waals surface area (Å²) in [6, 6.07) is 15.9. The Kier molecular flexibility index (Phi) is 6.62. The number of thioether (sulfide) groups is 1. The number of likely N-dealkylation sites (N-methyl/N-ethyl adjacent to an activating group) is 1. The SMILES string of the molecule is CSc1ccccc1Nc1cc(-c2ccccn2)nc(NCCN(C)C)n1. The number of rotatable bonds is 8. The lowest BCUT2D eigenvalue weighted by Gasteiger charge is -2.14. The summed E-state index contributed by atoms with van der Waals surface area (Å²) < 4.78 is 0. The Hall–Kier alpha value is -2.64. The molecule has 0 aliphatic heterocycles. The molecule has 2 aromatic heterocycles. The van der Waals surface area contributed by atoms with Crippen molar-refractivity contribution in [1.82, 2.24) is 19.9 Å². The number of hydrogen-bond donors (Lipinski definition) is 2. The normalized spacial score (nSPS) is 10.8. The third-order valence-corrected chi connectivity index (χ3v) is 4.66. The van der Waals surface area contributed by atoms with Crippen molar-refractivity contribution in [1.29, 1.82) is 0 Å². The molecule has 0 saturated carbocycles. The zero-order valence-corrected chi connectivity index (χ0v) is 16.6. The second kappa shape index (κ2) is 9.34. The van der Waals surface area contributed by atoms with Gasteiger partial charge in [0.1, 0.15) is 5.82 Å². The van der Waals surface area contributed by atoms with Crippen LogP contribution < -0.4 is 10.6 Å². The van der Waals surface area contributed by atoms with E-state index in [9.17, 15) is 0 Å². The number of anilines is 3. The zero-order valence-electron chi connectivity index (χ0n) is 15.8. The molecule has 2 N–H and O–H groups in total. The summed E-state index contributed by atoms with van der Waals surface area (Å²) >= 11 is 1.70. The standard InChI is InChI=1S/C20H24N6S/c1-26(2)13-12-22-20-24-17(15-8-6-7-11-21-15)14-19(25-20)23-16-9-4-5-10-18(16)27-3/h4-11,14H,12-13H2,1-3H3,(H2,22,23,24,25). The van der Waals surface area contributed by atoms with Gasteiger partial charge >= 0.3 is 0 Å². The lowest BCUT2D eigenvalue weighted by atomic mass is 10.2. The molecule has 140 valence electrons. The highest BCUT2D eigenvalue weighted by Gasteiger charge is 2.09. The number of benzene rings is 1. The average Bonchev–Trinajstić information content (AvgIpc) is 2.69. The second-order valence-electron chi connectivity index (χ2n) is 6.23. The van der Waals surface area contributed by atoms with Crippen molar-refractivity contribution in [3.63, 3.8) is 0 Å². The highest BCUT2D eigenvalue weighted by molar-refractivity contribution is 7.98. The van der Waals surface area contributed by atoms with E-state index in [4.69, 9.17) is 0 Å². The molecule has 3 rings (SSSR count). The molecule has 0 aliphatic rings. The number of nitrogens with one attached hydrogen (secondary N) is 2. The maximum atomic E-state index is 4.64. The van der Waals surface area contributed by atoms with Crippen LogP contribution in [-0.4, -0.2) is 53.3 Å². The predicted molar refractivity (Wildman–Crippen MR) is 114 cm³/mol. The van der Waals surface area contributed by atoms with Crippen LogP contribution in [0.25, 0.3) is 11.4 Å². The third-order valence-electron chi connectivity index (χ3n) is 3.87. The number of aromatic nitrogens is 3. The van der Waals surface area contributed by atoms with Crippen molar-refractivity contribution < 1.29 is 0 Å². The van der Waals surface area contributed by atoms with E-state index < -0.39 is 0 Å². The van der Waals surface area contributed by atoms with Gasteiger partial charge in [-0.2, -0.15) is 4.98 Å². The van der Waals surface area contributed by atoms with Gasteiger partial charge < -0.3 is 15.5 Å².